The number of carbonyl (C=O) groups excluding carboxylic acids is 3. The summed E-state index contributed by atoms with van der Waals surface area (Å²) < 4.78 is 5.05. The first-order chi connectivity index (χ1) is 16.4. The number of amidine groups is 1. The number of likely N-dealkylation sites (tertiary alicyclic amines) is 1. The number of piperidine rings is 1. The van der Waals surface area contributed by atoms with Crippen LogP contribution in [0, 0.1) is 11.3 Å². The molecule has 1 aliphatic heterocycles. The number of amides is 3. The van der Waals surface area contributed by atoms with Crippen molar-refractivity contribution in [1.82, 2.24) is 15.2 Å². The highest BCUT2D eigenvalue weighted by atomic mass is 16.5. The van der Waals surface area contributed by atoms with Crippen LogP contribution >= 0.6 is 0 Å². The average molecular weight is 467 g/mol. The number of nitrogens with zero attached hydrogens (tertiary/aromatic N) is 2. The van der Waals surface area contributed by atoms with E-state index in [0.29, 0.717) is 36.2 Å². The van der Waals surface area contributed by atoms with Gasteiger partial charge in [0.25, 0.3) is 0 Å². The zero-order valence-electron chi connectivity index (χ0n) is 19.1. The van der Waals surface area contributed by atoms with E-state index in [2.05, 4.69) is 15.6 Å². The number of benzene rings is 1. The van der Waals surface area contributed by atoms with E-state index in [1.54, 1.807) is 60.6 Å². The van der Waals surface area contributed by atoms with Crippen LogP contribution in [-0.2, 0) is 14.3 Å². The van der Waals surface area contributed by atoms with E-state index in [0.717, 1.165) is 0 Å². The lowest BCUT2D eigenvalue weighted by Crippen LogP contribution is -2.48. The molecule has 2 heterocycles. The molecule has 5 N–H and O–H groups in total. The minimum Gasteiger partial charge on any atom is -0.466 e. The molecule has 3 rings (SSSR count). The molecule has 2 unspecified atom stereocenters. The third kappa shape index (κ3) is 6.77. The van der Waals surface area contributed by atoms with Crippen molar-refractivity contribution in [1.29, 1.82) is 5.41 Å². The van der Waals surface area contributed by atoms with E-state index >= 15 is 0 Å². The van der Waals surface area contributed by atoms with Crippen LogP contribution in [0.5, 0.6) is 0 Å². The lowest BCUT2D eigenvalue weighted by Gasteiger charge is -2.33. The first-order valence-electron chi connectivity index (χ1n) is 11.2. The molecule has 1 fully saturated rings. The van der Waals surface area contributed by atoms with E-state index in [4.69, 9.17) is 15.9 Å². The Morgan fingerprint density at radius 1 is 1.26 bits per heavy atom. The van der Waals surface area contributed by atoms with Crippen LogP contribution in [0.3, 0.4) is 0 Å². The number of nitrogens with one attached hydrogen (secondary N) is 3. The quantitative estimate of drug-likeness (QED) is 0.266. The number of esters is 1. The molecule has 10 nitrogen and oxygen atoms in total. The summed E-state index contributed by atoms with van der Waals surface area (Å²) in [6, 6.07) is 9.31. The van der Waals surface area contributed by atoms with Gasteiger partial charge >= 0.3 is 12.0 Å². The maximum absolute atomic E-state index is 13.0. The van der Waals surface area contributed by atoms with Gasteiger partial charge in [0.1, 0.15) is 5.84 Å². The number of aromatic nitrogens is 1. The Morgan fingerprint density at radius 2 is 2.03 bits per heavy atom. The summed E-state index contributed by atoms with van der Waals surface area (Å²) >= 11 is 0. The Hall–Kier alpha value is -3.95. The second-order valence-corrected chi connectivity index (χ2v) is 8.06. The number of rotatable bonds is 8. The molecule has 10 heteroatoms. The predicted octanol–water partition coefficient (Wildman–Crippen LogP) is 2.42. The van der Waals surface area contributed by atoms with E-state index in [1.807, 2.05) is 0 Å². The van der Waals surface area contributed by atoms with E-state index in [9.17, 15) is 14.4 Å². The van der Waals surface area contributed by atoms with Gasteiger partial charge < -0.3 is 26.0 Å². The molecular formula is C24H30N6O4. The number of nitrogen functional groups attached to an aromatic ring is 1. The van der Waals surface area contributed by atoms with E-state index in [-0.39, 0.29) is 43.3 Å². The summed E-state index contributed by atoms with van der Waals surface area (Å²) in [6.07, 6.45) is 4.56. The third-order valence-electron chi connectivity index (χ3n) is 5.60. The highest BCUT2D eigenvalue weighted by molar-refractivity contribution is 5.96. The Bertz CT molecular complexity index is 1010. The van der Waals surface area contributed by atoms with Crippen molar-refractivity contribution < 1.29 is 19.1 Å². The van der Waals surface area contributed by atoms with Crippen LogP contribution in [-0.4, -0.2) is 53.3 Å². The lowest BCUT2D eigenvalue weighted by atomic mass is 9.97. The van der Waals surface area contributed by atoms with Gasteiger partial charge in [-0.1, -0.05) is 6.07 Å². The van der Waals surface area contributed by atoms with Crippen molar-refractivity contribution in [3.05, 3.63) is 59.9 Å². The number of hydrogen-bond acceptors (Lipinski definition) is 6. The van der Waals surface area contributed by atoms with Crippen LogP contribution < -0.4 is 16.4 Å². The van der Waals surface area contributed by atoms with Gasteiger partial charge in [0.15, 0.2) is 0 Å². The fourth-order valence-corrected chi connectivity index (χ4v) is 3.81. The summed E-state index contributed by atoms with van der Waals surface area (Å²) in [4.78, 5) is 43.6. The molecule has 3 amide bonds. The van der Waals surface area contributed by atoms with Crippen LogP contribution in [0.15, 0.2) is 48.8 Å². The van der Waals surface area contributed by atoms with Crippen molar-refractivity contribution in [2.45, 2.75) is 32.2 Å². The minimum absolute atomic E-state index is 0.0146. The van der Waals surface area contributed by atoms with Gasteiger partial charge in [-0.3, -0.25) is 20.0 Å². The van der Waals surface area contributed by atoms with Crippen LogP contribution in [0.2, 0.25) is 0 Å². The van der Waals surface area contributed by atoms with E-state index < -0.39 is 12.0 Å². The molecule has 1 aliphatic rings. The zero-order valence-corrected chi connectivity index (χ0v) is 19.1. The van der Waals surface area contributed by atoms with Gasteiger partial charge in [-0.2, -0.15) is 0 Å². The predicted molar refractivity (Wildman–Crippen MR) is 127 cm³/mol. The van der Waals surface area contributed by atoms with Gasteiger partial charge in [-0.05, 0) is 55.7 Å². The van der Waals surface area contributed by atoms with Crippen LogP contribution in [0.4, 0.5) is 10.5 Å². The van der Waals surface area contributed by atoms with Crippen LogP contribution in [0.1, 0.15) is 43.4 Å². The first kappa shape index (κ1) is 24.7. The number of nitrogens with two attached hydrogens (primary N) is 1. The summed E-state index contributed by atoms with van der Waals surface area (Å²) in [5, 5.41) is 13.2. The van der Waals surface area contributed by atoms with Gasteiger partial charge in [-0.15, -0.1) is 0 Å². The molecule has 34 heavy (non-hydrogen) atoms. The summed E-state index contributed by atoms with van der Waals surface area (Å²) in [5.74, 6) is -1.00. The SMILES string of the molecule is CCOC(=O)CC(NC(=O)N1CCCC(C(=O)Nc2ccc(C(=N)N)cc2)C1)c1cccnc1. The van der Waals surface area contributed by atoms with Gasteiger partial charge in [-0.25, -0.2) is 4.79 Å². The van der Waals surface area contributed by atoms with Crippen molar-refractivity contribution in [3.63, 3.8) is 0 Å². The molecule has 0 aliphatic carbocycles. The van der Waals surface area contributed by atoms with Crippen molar-refractivity contribution in [2.75, 3.05) is 25.0 Å². The van der Waals surface area contributed by atoms with Crippen molar-refractivity contribution in [3.8, 4) is 0 Å². The largest absolute Gasteiger partial charge is 0.466 e. The second-order valence-electron chi connectivity index (χ2n) is 8.06. The van der Waals surface area contributed by atoms with Gasteiger partial charge in [0, 0.05) is 36.7 Å². The molecular weight excluding hydrogens is 436 g/mol. The normalized spacial score (nSPS) is 16.3. The maximum Gasteiger partial charge on any atom is 0.317 e. The molecule has 0 radical (unpaired) electrons. The number of urea groups is 1. The third-order valence-corrected chi connectivity index (χ3v) is 5.60. The minimum atomic E-state index is -0.589. The number of carbonyl (C=O) groups is 3. The monoisotopic (exact) mass is 466 g/mol. The summed E-state index contributed by atoms with van der Waals surface area (Å²) in [5.41, 5.74) is 7.33. The molecule has 2 aromatic rings. The smallest absolute Gasteiger partial charge is 0.317 e. The number of hydrogen-bond donors (Lipinski definition) is 4. The van der Waals surface area contributed by atoms with Crippen molar-refractivity contribution in [2.24, 2.45) is 11.7 Å². The van der Waals surface area contributed by atoms with Gasteiger partial charge in [0.2, 0.25) is 5.91 Å². The highest BCUT2D eigenvalue weighted by Gasteiger charge is 2.30. The highest BCUT2D eigenvalue weighted by Crippen LogP contribution is 2.22. The molecule has 180 valence electrons. The van der Waals surface area contributed by atoms with E-state index in [1.165, 1.54) is 0 Å². The summed E-state index contributed by atoms with van der Waals surface area (Å²) in [7, 11) is 0. The number of ether oxygens (including phenoxy) is 1. The fraction of sp³-hybridized carbons (Fsp3) is 0.375. The standard InChI is InChI=1S/C24H30N6O4/c1-2-34-21(31)13-20(17-5-3-11-27-14-17)29-24(33)30-12-4-6-18(15-30)23(32)28-19-9-7-16(8-10-19)22(25)26/h3,5,7-11,14,18,20H,2,4,6,12-13,15H2,1H3,(H3,25,26)(H,28,32)(H,29,33). The molecule has 2 atom stereocenters. The second kappa shape index (κ2) is 11.8. The molecule has 0 saturated carbocycles. The maximum atomic E-state index is 13.0. The Labute approximate surface area is 198 Å². The Balaban J connectivity index is 1.62. The Kier molecular flexibility index (Phi) is 8.55. The molecule has 1 aromatic carbocycles. The summed E-state index contributed by atoms with van der Waals surface area (Å²) in [6.45, 7) is 2.77. The fourth-order valence-electron chi connectivity index (χ4n) is 3.81. The molecule has 1 aromatic heterocycles. The lowest BCUT2D eigenvalue weighted by molar-refractivity contribution is -0.143. The number of pyridine rings is 1. The molecule has 1 saturated heterocycles. The molecule has 0 spiro atoms. The number of anilines is 1. The van der Waals surface area contributed by atoms with Crippen LogP contribution in [0.25, 0.3) is 0 Å². The average Bonchev–Trinajstić information content (AvgIpc) is 2.84. The molecule has 0 bridgehead atoms. The van der Waals surface area contributed by atoms with Gasteiger partial charge in [0.05, 0.1) is 25.0 Å². The van der Waals surface area contributed by atoms with Crippen molar-refractivity contribution >= 4 is 29.4 Å². The zero-order chi connectivity index (χ0) is 24.5. The Morgan fingerprint density at radius 3 is 2.68 bits per heavy atom. The topological polar surface area (TPSA) is 150 Å². The first-order valence-corrected chi connectivity index (χ1v) is 11.2.